The van der Waals surface area contributed by atoms with E-state index in [-0.39, 0.29) is 4.47 Å². The molecular weight excluding hydrogens is 436 g/mol. The fraction of sp³-hybridized carbons (Fsp3) is 0. The molecule has 0 fully saturated rings. The topological polar surface area (TPSA) is 106 Å². The average molecular weight is 446 g/mol. The van der Waals surface area contributed by atoms with Crippen molar-refractivity contribution in [3.05, 3.63) is 73.7 Å². The quantitative estimate of drug-likeness (QED) is 0.430. The van der Waals surface area contributed by atoms with Gasteiger partial charge in [-0.2, -0.15) is 0 Å². The summed E-state index contributed by atoms with van der Waals surface area (Å²) in [4.78, 5) is 21.5. The zero-order valence-electron chi connectivity index (χ0n) is 12.3. The van der Waals surface area contributed by atoms with Crippen LogP contribution in [0.3, 0.4) is 0 Å². The normalized spacial score (nSPS) is 11.4. The Morgan fingerprint density at radius 3 is 2.60 bits per heavy atom. The molecule has 25 heavy (non-hydrogen) atoms. The van der Waals surface area contributed by atoms with Gasteiger partial charge in [-0.05, 0) is 45.8 Å². The average Bonchev–Trinajstić information content (AvgIpc) is 2.52. The maximum absolute atomic E-state index is 12.3. The van der Waals surface area contributed by atoms with Crippen LogP contribution >= 0.6 is 27.5 Å². The summed E-state index contributed by atoms with van der Waals surface area (Å²) in [6.45, 7) is 0. The lowest BCUT2D eigenvalue weighted by Gasteiger charge is -2.07. The number of nitro groups is 1. The minimum Gasteiger partial charge on any atom is -0.269 e. The molecule has 2 aromatic carbocycles. The van der Waals surface area contributed by atoms with Crippen LogP contribution in [0.4, 0.5) is 5.69 Å². The standard InChI is InChI=1S/C15H10BrClN2O5S/c16-13-6-5-12(19(21)22)9-14(13)25(23,24)18-15(20)7-4-10-2-1-3-11(17)8-10/h1-9H,(H,18,20)/b7-4+. The number of rotatable bonds is 5. The second-order valence-electron chi connectivity index (χ2n) is 4.73. The molecule has 0 atom stereocenters. The molecule has 0 spiro atoms. The first-order valence-electron chi connectivity index (χ1n) is 6.63. The summed E-state index contributed by atoms with van der Waals surface area (Å²) in [5, 5.41) is 11.3. The Labute approximate surface area is 156 Å². The molecule has 0 aliphatic carbocycles. The van der Waals surface area contributed by atoms with E-state index in [2.05, 4.69) is 15.9 Å². The van der Waals surface area contributed by atoms with E-state index in [0.29, 0.717) is 10.6 Å². The highest BCUT2D eigenvalue weighted by Crippen LogP contribution is 2.26. The summed E-state index contributed by atoms with van der Waals surface area (Å²) in [6, 6.07) is 9.84. The Balaban J connectivity index is 2.22. The molecule has 0 heterocycles. The van der Waals surface area contributed by atoms with E-state index in [0.717, 1.165) is 18.2 Å². The van der Waals surface area contributed by atoms with Gasteiger partial charge in [-0.15, -0.1) is 0 Å². The minimum absolute atomic E-state index is 0.0946. The molecule has 2 rings (SSSR count). The smallest absolute Gasteiger partial charge is 0.269 e. The zero-order chi connectivity index (χ0) is 18.6. The van der Waals surface area contributed by atoms with Crippen molar-refractivity contribution in [3.8, 4) is 0 Å². The van der Waals surface area contributed by atoms with Crippen molar-refractivity contribution in [2.24, 2.45) is 0 Å². The number of halogens is 2. The number of carbonyl (C=O) groups is 1. The number of nitro benzene ring substituents is 1. The highest BCUT2D eigenvalue weighted by atomic mass is 79.9. The van der Waals surface area contributed by atoms with Gasteiger partial charge in [-0.1, -0.05) is 23.7 Å². The molecule has 2 aromatic rings. The molecule has 0 bridgehead atoms. The van der Waals surface area contributed by atoms with Crippen molar-refractivity contribution in [1.29, 1.82) is 0 Å². The molecule has 130 valence electrons. The van der Waals surface area contributed by atoms with Crippen LogP contribution in [0.25, 0.3) is 6.08 Å². The van der Waals surface area contributed by atoms with Crippen molar-refractivity contribution < 1.29 is 18.1 Å². The summed E-state index contributed by atoms with van der Waals surface area (Å²) in [6.07, 6.45) is 2.41. The van der Waals surface area contributed by atoms with Gasteiger partial charge >= 0.3 is 0 Å². The lowest BCUT2D eigenvalue weighted by molar-refractivity contribution is -0.385. The van der Waals surface area contributed by atoms with Crippen molar-refractivity contribution in [2.45, 2.75) is 4.90 Å². The van der Waals surface area contributed by atoms with Crippen LogP contribution in [0.15, 0.2) is 57.9 Å². The second kappa shape index (κ2) is 7.77. The largest absolute Gasteiger partial charge is 0.270 e. The number of carbonyl (C=O) groups excluding carboxylic acids is 1. The van der Waals surface area contributed by atoms with Crippen LogP contribution in [0.2, 0.25) is 5.02 Å². The van der Waals surface area contributed by atoms with E-state index in [4.69, 9.17) is 11.6 Å². The summed E-state index contributed by atoms with van der Waals surface area (Å²) < 4.78 is 26.4. The molecule has 0 radical (unpaired) electrons. The summed E-state index contributed by atoms with van der Waals surface area (Å²) in [7, 11) is -4.29. The first kappa shape index (κ1) is 19.1. The van der Waals surface area contributed by atoms with Gasteiger partial charge in [0.15, 0.2) is 0 Å². The third-order valence-electron chi connectivity index (χ3n) is 2.93. The summed E-state index contributed by atoms with van der Waals surface area (Å²) in [5.41, 5.74) is 0.196. The SMILES string of the molecule is O=C(/C=C/c1cccc(Cl)c1)NS(=O)(=O)c1cc([N+](=O)[O-])ccc1Br. The van der Waals surface area contributed by atoms with E-state index in [1.165, 1.54) is 12.1 Å². The highest BCUT2D eigenvalue weighted by Gasteiger charge is 2.22. The lowest BCUT2D eigenvalue weighted by Crippen LogP contribution is -2.29. The number of hydrogen-bond donors (Lipinski definition) is 1. The fourth-order valence-corrected chi connectivity index (χ4v) is 3.94. The predicted molar refractivity (Wildman–Crippen MR) is 96.6 cm³/mol. The van der Waals surface area contributed by atoms with Gasteiger partial charge in [0.05, 0.1) is 4.92 Å². The van der Waals surface area contributed by atoms with Crippen LogP contribution in [0, 0.1) is 10.1 Å². The number of sulfonamides is 1. The summed E-state index contributed by atoms with van der Waals surface area (Å²) >= 11 is 8.82. The monoisotopic (exact) mass is 444 g/mol. The second-order valence-corrected chi connectivity index (χ2v) is 7.67. The number of amides is 1. The van der Waals surface area contributed by atoms with Gasteiger partial charge in [0, 0.05) is 27.7 Å². The Morgan fingerprint density at radius 1 is 1.24 bits per heavy atom. The molecule has 0 aliphatic rings. The fourth-order valence-electron chi connectivity index (χ4n) is 1.82. The molecule has 0 saturated carbocycles. The number of non-ortho nitro benzene ring substituents is 1. The molecule has 7 nitrogen and oxygen atoms in total. The van der Waals surface area contributed by atoms with E-state index < -0.39 is 31.4 Å². The molecule has 1 amide bonds. The van der Waals surface area contributed by atoms with Crippen LogP contribution < -0.4 is 4.72 Å². The maximum Gasteiger partial charge on any atom is 0.270 e. The van der Waals surface area contributed by atoms with E-state index in [1.807, 2.05) is 4.72 Å². The van der Waals surface area contributed by atoms with Crippen LogP contribution in [0.1, 0.15) is 5.56 Å². The number of hydrogen-bond acceptors (Lipinski definition) is 5. The van der Waals surface area contributed by atoms with Crippen molar-refractivity contribution >= 4 is 55.2 Å². The third-order valence-corrected chi connectivity index (χ3v) is 5.50. The summed E-state index contributed by atoms with van der Waals surface area (Å²) in [5.74, 6) is -0.904. The Bertz CT molecular complexity index is 976. The van der Waals surface area contributed by atoms with Crippen LogP contribution in [-0.2, 0) is 14.8 Å². The Morgan fingerprint density at radius 2 is 1.96 bits per heavy atom. The molecule has 0 aromatic heterocycles. The van der Waals surface area contributed by atoms with E-state index in [1.54, 1.807) is 24.3 Å². The predicted octanol–water partition coefficient (Wildman–Crippen LogP) is 3.53. The van der Waals surface area contributed by atoms with Crippen molar-refractivity contribution in [2.75, 3.05) is 0 Å². The van der Waals surface area contributed by atoms with Crippen LogP contribution in [0.5, 0.6) is 0 Å². The maximum atomic E-state index is 12.3. The molecule has 0 saturated heterocycles. The first-order chi connectivity index (χ1) is 11.7. The van der Waals surface area contributed by atoms with Crippen molar-refractivity contribution in [3.63, 3.8) is 0 Å². The lowest BCUT2D eigenvalue weighted by atomic mass is 10.2. The molecule has 1 N–H and O–H groups in total. The third kappa shape index (κ3) is 5.12. The van der Waals surface area contributed by atoms with Crippen LogP contribution in [-0.4, -0.2) is 19.2 Å². The van der Waals surface area contributed by atoms with Gasteiger partial charge < -0.3 is 0 Å². The molecule has 0 unspecified atom stereocenters. The van der Waals surface area contributed by atoms with Crippen molar-refractivity contribution in [1.82, 2.24) is 4.72 Å². The Hall–Kier alpha value is -2.23. The van der Waals surface area contributed by atoms with Gasteiger partial charge in [0.25, 0.3) is 21.6 Å². The molecule has 10 heteroatoms. The van der Waals surface area contributed by atoms with Gasteiger partial charge in [-0.3, -0.25) is 14.9 Å². The van der Waals surface area contributed by atoms with Gasteiger partial charge in [0.1, 0.15) is 4.90 Å². The highest BCUT2D eigenvalue weighted by molar-refractivity contribution is 9.10. The first-order valence-corrected chi connectivity index (χ1v) is 9.29. The molecule has 0 aliphatic heterocycles. The van der Waals surface area contributed by atoms with Gasteiger partial charge in [0.2, 0.25) is 0 Å². The number of nitrogens with one attached hydrogen (secondary N) is 1. The van der Waals surface area contributed by atoms with E-state index in [9.17, 15) is 23.3 Å². The zero-order valence-corrected chi connectivity index (χ0v) is 15.5. The number of nitrogens with zero attached hydrogens (tertiary/aromatic N) is 1. The molecular formula is C15H10BrClN2O5S. The minimum atomic E-state index is -4.29. The number of benzene rings is 2. The van der Waals surface area contributed by atoms with E-state index >= 15 is 0 Å². The van der Waals surface area contributed by atoms with Gasteiger partial charge in [-0.25, -0.2) is 13.1 Å². The Kier molecular flexibility index (Phi) is 5.93.